The molecule has 0 radical (unpaired) electrons. The number of thioether (sulfide) groups is 1. The number of carbonyl (C=O) groups is 1. The van der Waals surface area contributed by atoms with E-state index in [1.165, 1.54) is 0 Å². The Bertz CT molecular complexity index is 221. The second-order valence-corrected chi connectivity index (χ2v) is 6.29. The maximum Gasteiger partial charge on any atom is 0.323 e. The number of rotatable bonds is 10. The topological polar surface area (TPSA) is 49.3 Å². The molecule has 0 saturated carbocycles. The highest BCUT2D eigenvalue weighted by Crippen LogP contribution is 2.17. The first-order chi connectivity index (χ1) is 7.92. The molecule has 0 aromatic rings. The lowest BCUT2D eigenvalue weighted by molar-refractivity contribution is -0.144. The van der Waals surface area contributed by atoms with E-state index >= 15 is 0 Å². The minimum Gasteiger partial charge on any atom is -0.480 e. The second kappa shape index (κ2) is 8.81. The van der Waals surface area contributed by atoms with Gasteiger partial charge in [-0.05, 0) is 50.2 Å². The van der Waals surface area contributed by atoms with Crippen molar-refractivity contribution in [2.24, 2.45) is 5.92 Å². The van der Waals surface area contributed by atoms with Gasteiger partial charge in [-0.1, -0.05) is 20.8 Å². The minimum absolute atomic E-state index is 0.702. The fraction of sp³-hybridized carbons (Fsp3) is 0.923. The molecule has 0 aromatic heterocycles. The summed E-state index contributed by atoms with van der Waals surface area (Å²) in [6.07, 6.45) is 2.62. The van der Waals surface area contributed by atoms with Crippen LogP contribution in [0.15, 0.2) is 0 Å². The molecule has 0 aliphatic carbocycles. The van der Waals surface area contributed by atoms with Gasteiger partial charge in [0.15, 0.2) is 0 Å². The van der Waals surface area contributed by atoms with Crippen LogP contribution in [0.1, 0.15) is 47.0 Å². The molecule has 0 saturated heterocycles. The highest BCUT2D eigenvalue weighted by atomic mass is 32.2. The molecule has 0 aliphatic heterocycles. The quantitative estimate of drug-likeness (QED) is 0.594. The summed E-state index contributed by atoms with van der Waals surface area (Å²) in [5, 5.41) is 12.4. The number of carboxylic acid groups (broad SMARTS) is 1. The number of hydrogen-bond donors (Lipinski definition) is 2. The molecule has 0 heterocycles. The van der Waals surface area contributed by atoms with E-state index in [4.69, 9.17) is 0 Å². The van der Waals surface area contributed by atoms with Crippen molar-refractivity contribution in [3.63, 3.8) is 0 Å². The van der Waals surface area contributed by atoms with Crippen molar-refractivity contribution in [1.82, 2.24) is 5.32 Å². The Hall–Kier alpha value is -0.220. The lowest BCUT2D eigenvalue weighted by Crippen LogP contribution is -2.49. The van der Waals surface area contributed by atoms with Crippen LogP contribution in [0.5, 0.6) is 0 Å². The standard InChI is InChI=1S/C13H27NO2S/c1-5-8-14-13(4,12(15)16)7-6-9-17-10-11(2)3/h11,14H,5-10H2,1-4H3,(H,15,16). The summed E-state index contributed by atoms with van der Waals surface area (Å²) in [7, 11) is 0. The smallest absolute Gasteiger partial charge is 0.323 e. The Kier molecular flexibility index (Phi) is 8.70. The van der Waals surface area contributed by atoms with Crippen molar-refractivity contribution in [1.29, 1.82) is 0 Å². The van der Waals surface area contributed by atoms with Crippen LogP contribution < -0.4 is 5.32 Å². The predicted molar refractivity (Wildman–Crippen MR) is 75.7 cm³/mol. The van der Waals surface area contributed by atoms with Crippen LogP contribution >= 0.6 is 11.8 Å². The second-order valence-electron chi connectivity index (χ2n) is 5.14. The molecule has 0 rings (SSSR count). The molecular formula is C13H27NO2S. The third kappa shape index (κ3) is 7.66. The van der Waals surface area contributed by atoms with Gasteiger partial charge in [-0.25, -0.2) is 0 Å². The summed E-state index contributed by atoms with van der Waals surface area (Å²) < 4.78 is 0. The average molecular weight is 261 g/mol. The van der Waals surface area contributed by atoms with Crippen molar-refractivity contribution in [3.05, 3.63) is 0 Å². The van der Waals surface area contributed by atoms with Gasteiger partial charge in [0.25, 0.3) is 0 Å². The van der Waals surface area contributed by atoms with Crippen LogP contribution in [-0.2, 0) is 4.79 Å². The van der Waals surface area contributed by atoms with Gasteiger partial charge in [-0.15, -0.1) is 0 Å². The molecule has 4 heteroatoms. The Morgan fingerprint density at radius 2 is 2.12 bits per heavy atom. The molecule has 0 bridgehead atoms. The van der Waals surface area contributed by atoms with Crippen molar-refractivity contribution < 1.29 is 9.90 Å². The van der Waals surface area contributed by atoms with E-state index in [1.54, 1.807) is 6.92 Å². The van der Waals surface area contributed by atoms with E-state index in [1.807, 2.05) is 18.7 Å². The van der Waals surface area contributed by atoms with Gasteiger partial charge in [-0.2, -0.15) is 11.8 Å². The van der Waals surface area contributed by atoms with Gasteiger partial charge in [0, 0.05) is 0 Å². The first kappa shape index (κ1) is 16.8. The Morgan fingerprint density at radius 1 is 1.47 bits per heavy atom. The number of carboxylic acids is 1. The molecule has 3 nitrogen and oxygen atoms in total. The lowest BCUT2D eigenvalue weighted by Gasteiger charge is -2.26. The molecule has 17 heavy (non-hydrogen) atoms. The van der Waals surface area contributed by atoms with Crippen LogP contribution in [0.2, 0.25) is 0 Å². The summed E-state index contributed by atoms with van der Waals surface area (Å²) in [5.41, 5.74) is -0.756. The summed E-state index contributed by atoms with van der Waals surface area (Å²) in [5.74, 6) is 2.19. The van der Waals surface area contributed by atoms with Crippen molar-refractivity contribution in [2.75, 3.05) is 18.1 Å². The lowest BCUT2D eigenvalue weighted by atomic mass is 9.96. The van der Waals surface area contributed by atoms with Gasteiger partial charge in [0.05, 0.1) is 0 Å². The molecule has 2 N–H and O–H groups in total. The molecule has 0 spiro atoms. The fourth-order valence-corrected chi connectivity index (χ4v) is 2.51. The minimum atomic E-state index is -0.756. The van der Waals surface area contributed by atoms with Crippen LogP contribution in [0, 0.1) is 5.92 Å². The third-order valence-electron chi connectivity index (χ3n) is 2.65. The molecule has 102 valence electrons. The van der Waals surface area contributed by atoms with E-state index in [9.17, 15) is 9.90 Å². The molecule has 0 amide bonds. The van der Waals surface area contributed by atoms with E-state index in [-0.39, 0.29) is 0 Å². The maximum absolute atomic E-state index is 11.2. The zero-order valence-electron chi connectivity index (χ0n) is 11.6. The number of nitrogens with one attached hydrogen (secondary N) is 1. The molecule has 1 atom stereocenters. The zero-order chi connectivity index (χ0) is 13.3. The summed E-state index contributed by atoms with van der Waals surface area (Å²) >= 11 is 1.92. The summed E-state index contributed by atoms with van der Waals surface area (Å²) in [4.78, 5) is 11.2. The number of aliphatic carboxylic acids is 1. The van der Waals surface area contributed by atoms with E-state index in [2.05, 4.69) is 19.2 Å². The Balaban J connectivity index is 3.88. The molecular weight excluding hydrogens is 234 g/mol. The zero-order valence-corrected chi connectivity index (χ0v) is 12.4. The van der Waals surface area contributed by atoms with Gasteiger partial charge in [0.1, 0.15) is 5.54 Å². The van der Waals surface area contributed by atoms with E-state index < -0.39 is 11.5 Å². The predicted octanol–water partition coefficient (Wildman–Crippen LogP) is 3.00. The van der Waals surface area contributed by atoms with Crippen molar-refractivity contribution in [3.8, 4) is 0 Å². The van der Waals surface area contributed by atoms with E-state index in [0.29, 0.717) is 12.3 Å². The molecule has 1 unspecified atom stereocenters. The van der Waals surface area contributed by atoms with Crippen molar-refractivity contribution >= 4 is 17.7 Å². The van der Waals surface area contributed by atoms with Gasteiger partial charge >= 0.3 is 5.97 Å². The SMILES string of the molecule is CCCNC(C)(CCCSCC(C)C)C(=O)O. The first-order valence-corrected chi connectivity index (χ1v) is 7.64. The number of hydrogen-bond acceptors (Lipinski definition) is 3. The van der Waals surface area contributed by atoms with Crippen LogP contribution in [-0.4, -0.2) is 34.7 Å². The highest BCUT2D eigenvalue weighted by molar-refractivity contribution is 7.99. The first-order valence-electron chi connectivity index (χ1n) is 6.48. The molecule has 0 aliphatic rings. The van der Waals surface area contributed by atoms with Gasteiger partial charge < -0.3 is 10.4 Å². The average Bonchev–Trinajstić information content (AvgIpc) is 2.25. The fourth-order valence-electron chi connectivity index (χ4n) is 1.52. The Labute approximate surface area is 110 Å². The largest absolute Gasteiger partial charge is 0.480 e. The third-order valence-corrected chi connectivity index (χ3v) is 4.13. The van der Waals surface area contributed by atoms with Crippen LogP contribution in [0.4, 0.5) is 0 Å². The molecule has 0 aromatic carbocycles. The summed E-state index contributed by atoms with van der Waals surface area (Å²) in [6, 6.07) is 0. The maximum atomic E-state index is 11.2. The highest BCUT2D eigenvalue weighted by Gasteiger charge is 2.31. The normalized spacial score (nSPS) is 14.9. The van der Waals surface area contributed by atoms with Crippen LogP contribution in [0.3, 0.4) is 0 Å². The summed E-state index contributed by atoms with van der Waals surface area (Å²) in [6.45, 7) is 9.02. The van der Waals surface area contributed by atoms with E-state index in [0.717, 1.165) is 30.9 Å². The van der Waals surface area contributed by atoms with Crippen molar-refractivity contribution in [2.45, 2.75) is 52.5 Å². The molecule has 0 fully saturated rings. The van der Waals surface area contributed by atoms with Gasteiger partial charge in [-0.3, -0.25) is 4.79 Å². The van der Waals surface area contributed by atoms with Gasteiger partial charge in [0.2, 0.25) is 0 Å². The van der Waals surface area contributed by atoms with Crippen LogP contribution in [0.25, 0.3) is 0 Å². The Morgan fingerprint density at radius 3 is 2.59 bits per heavy atom. The monoisotopic (exact) mass is 261 g/mol.